The minimum absolute atomic E-state index is 1.02. The van der Waals surface area contributed by atoms with Crippen LogP contribution in [0.15, 0.2) is 0 Å². The topological polar surface area (TPSA) is 0 Å². The van der Waals surface area contributed by atoms with Gasteiger partial charge in [-0.05, 0) is 31.6 Å². The van der Waals surface area contributed by atoms with E-state index in [1.54, 1.807) is 0 Å². The van der Waals surface area contributed by atoms with E-state index in [1.807, 2.05) is 0 Å². The van der Waals surface area contributed by atoms with Gasteiger partial charge in [0.15, 0.2) is 0 Å². The molecule has 1 saturated heterocycles. The minimum Gasteiger partial charge on any atom is -0.155 e. The quantitative estimate of drug-likeness (QED) is 0.581. The van der Waals surface area contributed by atoms with E-state index in [2.05, 4.69) is 18.7 Å². The van der Waals surface area contributed by atoms with Crippen LogP contribution in [0, 0.1) is 5.92 Å². The number of hydrogen-bond acceptors (Lipinski definition) is 1. The van der Waals surface area contributed by atoms with Gasteiger partial charge >= 0.3 is 0 Å². The maximum atomic E-state index is 2.34. The largest absolute Gasteiger partial charge is 0.155 e. The summed E-state index contributed by atoms with van der Waals surface area (Å²) < 4.78 is 0. The molecule has 1 aliphatic heterocycles. The lowest BCUT2D eigenvalue weighted by molar-refractivity contribution is 0.366. The zero-order valence-electron chi connectivity index (χ0n) is 7.38. The molecule has 64 valence electrons. The van der Waals surface area contributed by atoms with Crippen LogP contribution in [-0.2, 0) is 0 Å². The van der Waals surface area contributed by atoms with Crippen LogP contribution in [0.2, 0.25) is 0 Å². The molecule has 0 spiro atoms. The summed E-state index contributed by atoms with van der Waals surface area (Å²) in [6, 6.07) is 0. The van der Waals surface area contributed by atoms with E-state index in [9.17, 15) is 0 Å². The maximum Gasteiger partial charge on any atom is 0.00785 e. The van der Waals surface area contributed by atoms with Gasteiger partial charge in [0.25, 0.3) is 0 Å². The van der Waals surface area contributed by atoms with Crippen LogP contribution in [0.1, 0.15) is 45.4 Å². The summed E-state index contributed by atoms with van der Waals surface area (Å²) in [5.41, 5.74) is 0. The zero-order chi connectivity index (χ0) is 7.68. The van der Waals surface area contributed by atoms with Gasteiger partial charge in [-0.15, -0.1) is 0 Å². The van der Waals surface area contributed by atoms with Crippen LogP contribution in [0.5, 0.6) is 0 Å². The molecule has 0 bridgehead atoms. The molecule has 0 aromatic heterocycles. The third-order valence-electron chi connectivity index (χ3n) is 3.23. The molecule has 2 fully saturated rings. The molecule has 1 heteroatoms. The molecule has 0 aromatic carbocycles. The highest BCUT2D eigenvalue weighted by atomic mass is 32.2. The highest BCUT2D eigenvalue weighted by Crippen LogP contribution is 2.46. The van der Waals surface area contributed by atoms with Gasteiger partial charge in [0, 0.05) is 10.5 Å². The first-order chi connectivity index (χ1) is 5.40. The van der Waals surface area contributed by atoms with E-state index in [1.165, 1.54) is 38.5 Å². The van der Waals surface area contributed by atoms with Crippen LogP contribution in [0.4, 0.5) is 0 Å². The van der Waals surface area contributed by atoms with E-state index in [0.717, 1.165) is 16.4 Å². The molecule has 0 aromatic rings. The smallest absolute Gasteiger partial charge is 0.00785 e. The Bertz CT molecular complexity index is 119. The van der Waals surface area contributed by atoms with Crippen LogP contribution < -0.4 is 0 Å². The Balaban J connectivity index is 1.92. The first-order valence-electron chi connectivity index (χ1n) is 5.05. The molecule has 2 rings (SSSR count). The molecule has 0 nitrogen and oxygen atoms in total. The van der Waals surface area contributed by atoms with Crippen LogP contribution in [-0.4, -0.2) is 10.5 Å². The number of fused-ring (bicyclic) bond motifs is 1. The van der Waals surface area contributed by atoms with Gasteiger partial charge in [-0.1, -0.05) is 19.8 Å². The third kappa shape index (κ3) is 1.58. The van der Waals surface area contributed by atoms with Crippen molar-refractivity contribution >= 4 is 11.8 Å². The predicted molar refractivity (Wildman–Crippen MR) is 52.0 cm³/mol. The number of hydrogen-bond donors (Lipinski definition) is 0. The van der Waals surface area contributed by atoms with Crippen molar-refractivity contribution in [2.75, 3.05) is 0 Å². The molecule has 1 aliphatic carbocycles. The first kappa shape index (κ1) is 7.97. The Labute approximate surface area is 74.1 Å². The predicted octanol–water partition coefficient (Wildman–Crippen LogP) is 3.46. The maximum absolute atomic E-state index is 2.34. The fourth-order valence-electron chi connectivity index (χ4n) is 2.53. The van der Waals surface area contributed by atoms with Crippen molar-refractivity contribution in [3.8, 4) is 0 Å². The van der Waals surface area contributed by atoms with Gasteiger partial charge in [0.05, 0.1) is 0 Å². The normalized spacial score (nSPS) is 43.9. The lowest BCUT2D eigenvalue weighted by Crippen LogP contribution is -2.16. The highest BCUT2D eigenvalue weighted by Gasteiger charge is 2.34. The van der Waals surface area contributed by atoms with E-state index in [0.29, 0.717) is 0 Å². The van der Waals surface area contributed by atoms with Crippen molar-refractivity contribution in [3.63, 3.8) is 0 Å². The van der Waals surface area contributed by atoms with Crippen molar-refractivity contribution < 1.29 is 0 Å². The average molecular weight is 170 g/mol. The van der Waals surface area contributed by atoms with E-state index in [4.69, 9.17) is 0 Å². The van der Waals surface area contributed by atoms with E-state index in [-0.39, 0.29) is 0 Å². The van der Waals surface area contributed by atoms with Crippen molar-refractivity contribution in [2.24, 2.45) is 5.92 Å². The molecule has 0 amide bonds. The van der Waals surface area contributed by atoms with Gasteiger partial charge in [0.2, 0.25) is 0 Å². The highest BCUT2D eigenvalue weighted by molar-refractivity contribution is 8.00. The first-order valence-corrected chi connectivity index (χ1v) is 6.00. The van der Waals surface area contributed by atoms with Gasteiger partial charge < -0.3 is 0 Å². The summed E-state index contributed by atoms with van der Waals surface area (Å²) in [7, 11) is 0. The van der Waals surface area contributed by atoms with Gasteiger partial charge in [-0.25, -0.2) is 0 Å². The minimum atomic E-state index is 1.02. The van der Waals surface area contributed by atoms with Gasteiger partial charge in [-0.3, -0.25) is 0 Å². The summed E-state index contributed by atoms with van der Waals surface area (Å²) >= 11 is 2.29. The standard InChI is InChI=1S/C10H18S/c1-2-9-7-8-5-3-4-6-10(8)11-9/h8-10H,2-7H2,1H3. The van der Waals surface area contributed by atoms with E-state index >= 15 is 0 Å². The second kappa shape index (κ2) is 3.38. The number of rotatable bonds is 1. The second-order valence-corrected chi connectivity index (χ2v) is 5.53. The Morgan fingerprint density at radius 1 is 1.27 bits per heavy atom. The molecular formula is C10H18S. The van der Waals surface area contributed by atoms with Gasteiger partial charge in [-0.2, -0.15) is 11.8 Å². The zero-order valence-corrected chi connectivity index (χ0v) is 8.20. The molecule has 3 unspecified atom stereocenters. The summed E-state index contributed by atoms with van der Waals surface area (Å²) in [5, 5.41) is 2.08. The monoisotopic (exact) mass is 170 g/mol. The lowest BCUT2D eigenvalue weighted by atomic mass is 9.86. The summed E-state index contributed by atoms with van der Waals surface area (Å²) in [6.45, 7) is 2.34. The van der Waals surface area contributed by atoms with Crippen LogP contribution in [0.3, 0.4) is 0 Å². The van der Waals surface area contributed by atoms with Crippen LogP contribution >= 0.6 is 11.8 Å². The third-order valence-corrected chi connectivity index (χ3v) is 5.11. The molecule has 2 aliphatic rings. The summed E-state index contributed by atoms with van der Waals surface area (Å²) in [4.78, 5) is 0. The Morgan fingerprint density at radius 3 is 2.82 bits per heavy atom. The molecule has 1 heterocycles. The molecule has 0 N–H and O–H groups in total. The lowest BCUT2D eigenvalue weighted by Gasteiger charge is -2.23. The molecule has 0 radical (unpaired) electrons. The Morgan fingerprint density at radius 2 is 2.09 bits per heavy atom. The van der Waals surface area contributed by atoms with Gasteiger partial charge in [0.1, 0.15) is 0 Å². The molecule has 3 atom stereocenters. The fourth-order valence-corrected chi connectivity index (χ4v) is 4.34. The van der Waals surface area contributed by atoms with Crippen molar-refractivity contribution in [1.29, 1.82) is 0 Å². The van der Waals surface area contributed by atoms with E-state index < -0.39 is 0 Å². The Hall–Kier alpha value is 0.350. The average Bonchev–Trinajstić information content (AvgIpc) is 2.46. The van der Waals surface area contributed by atoms with Crippen molar-refractivity contribution in [1.82, 2.24) is 0 Å². The van der Waals surface area contributed by atoms with Crippen molar-refractivity contribution in [3.05, 3.63) is 0 Å². The molecule has 11 heavy (non-hydrogen) atoms. The fraction of sp³-hybridized carbons (Fsp3) is 1.00. The van der Waals surface area contributed by atoms with Crippen LogP contribution in [0.25, 0.3) is 0 Å². The number of thioether (sulfide) groups is 1. The molecular weight excluding hydrogens is 152 g/mol. The summed E-state index contributed by atoms with van der Waals surface area (Å²) in [5.74, 6) is 1.11. The van der Waals surface area contributed by atoms with Crippen molar-refractivity contribution in [2.45, 2.75) is 55.9 Å². The second-order valence-electron chi connectivity index (χ2n) is 3.99. The summed E-state index contributed by atoms with van der Waals surface area (Å²) in [6.07, 6.45) is 9.01. The SMILES string of the molecule is CCC1CC2CCCCC2S1. The molecule has 1 saturated carbocycles. The Kier molecular flexibility index (Phi) is 2.45.